The molecule has 1 aromatic rings. The van der Waals surface area contributed by atoms with Crippen LogP contribution in [-0.4, -0.2) is 63.5 Å². The summed E-state index contributed by atoms with van der Waals surface area (Å²) in [5.41, 5.74) is 0. The Bertz CT molecular complexity index is 631. The number of carbonyl (C=O) groups is 1. The molecule has 27 heavy (non-hydrogen) atoms. The number of ether oxygens (including phenoxy) is 2. The number of thioether (sulfide) groups is 1. The molecule has 150 valence electrons. The van der Waals surface area contributed by atoms with Gasteiger partial charge in [0.15, 0.2) is 5.96 Å². The Hall–Kier alpha value is -1.89. The van der Waals surface area contributed by atoms with Crippen LogP contribution in [0.5, 0.6) is 5.75 Å². The van der Waals surface area contributed by atoms with E-state index in [0.717, 1.165) is 49.9 Å². The fourth-order valence-corrected chi connectivity index (χ4v) is 4.17. The minimum Gasteiger partial charge on any atom is -0.496 e. The van der Waals surface area contributed by atoms with Gasteiger partial charge in [0.2, 0.25) is 0 Å². The zero-order chi connectivity index (χ0) is 19.6. The molecule has 0 aromatic heterocycles. The average Bonchev–Trinajstić information content (AvgIpc) is 2.72. The van der Waals surface area contributed by atoms with E-state index in [-0.39, 0.29) is 11.9 Å². The number of likely N-dealkylation sites (tertiary alicyclic amines) is 1. The summed E-state index contributed by atoms with van der Waals surface area (Å²) in [6, 6.07) is 8.11. The number of para-hydroxylation sites is 1. The number of carbonyl (C=O) groups excluding carboxylic acids is 1. The number of methoxy groups -OCH3 is 2. The highest BCUT2D eigenvalue weighted by molar-refractivity contribution is 7.99. The van der Waals surface area contributed by atoms with Gasteiger partial charge in [-0.05, 0) is 30.9 Å². The molecule has 1 aromatic carbocycles. The number of aliphatic imine (C=N–C) groups is 1. The molecule has 1 aliphatic rings. The van der Waals surface area contributed by atoms with Gasteiger partial charge in [-0.15, -0.1) is 11.8 Å². The van der Waals surface area contributed by atoms with Crippen LogP contribution in [0.25, 0.3) is 0 Å². The minimum atomic E-state index is -0.0976. The van der Waals surface area contributed by atoms with E-state index in [1.54, 1.807) is 7.11 Å². The summed E-state index contributed by atoms with van der Waals surface area (Å²) in [4.78, 5) is 19.5. The summed E-state index contributed by atoms with van der Waals surface area (Å²) in [5, 5.41) is 3.48. The van der Waals surface area contributed by atoms with Crippen molar-refractivity contribution in [3.05, 3.63) is 24.3 Å². The number of hydrogen-bond acceptors (Lipinski definition) is 5. The number of guanidine groups is 1. The van der Waals surface area contributed by atoms with Gasteiger partial charge >= 0.3 is 5.97 Å². The Morgan fingerprint density at radius 3 is 2.67 bits per heavy atom. The Morgan fingerprint density at radius 1 is 1.33 bits per heavy atom. The lowest BCUT2D eigenvalue weighted by molar-refractivity contribution is -0.146. The van der Waals surface area contributed by atoms with E-state index in [1.807, 2.05) is 37.0 Å². The maximum Gasteiger partial charge on any atom is 0.308 e. The van der Waals surface area contributed by atoms with E-state index in [4.69, 9.17) is 9.47 Å². The second-order valence-electron chi connectivity index (χ2n) is 6.78. The first-order chi connectivity index (χ1) is 13.1. The van der Waals surface area contributed by atoms with Crippen molar-refractivity contribution in [1.82, 2.24) is 10.2 Å². The van der Waals surface area contributed by atoms with Crippen molar-refractivity contribution < 1.29 is 14.3 Å². The van der Waals surface area contributed by atoms with Gasteiger partial charge < -0.3 is 19.7 Å². The summed E-state index contributed by atoms with van der Waals surface area (Å²) in [5.74, 6) is 3.22. The first kappa shape index (κ1) is 21.4. The number of piperidine rings is 1. The molecule has 6 nitrogen and oxygen atoms in total. The van der Waals surface area contributed by atoms with E-state index in [1.165, 1.54) is 12.0 Å². The van der Waals surface area contributed by atoms with Crippen LogP contribution in [0.15, 0.2) is 34.2 Å². The summed E-state index contributed by atoms with van der Waals surface area (Å²) in [6.45, 7) is 4.73. The molecule has 1 unspecified atom stereocenters. The van der Waals surface area contributed by atoms with E-state index < -0.39 is 0 Å². The van der Waals surface area contributed by atoms with E-state index in [0.29, 0.717) is 5.92 Å². The third-order valence-electron chi connectivity index (χ3n) is 4.74. The molecule has 1 saturated heterocycles. The van der Waals surface area contributed by atoms with Crippen molar-refractivity contribution in [2.45, 2.75) is 24.7 Å². The molecule has 0 radical (unpaired) electrons. The minimum absolute atomic E-state index is 0.0144. The lowest BCUT2D eigenvalue weighted by atomic mass is 9.97. The van der Waals surface area contributed by atoms with Gasteiger partial charge in [-0.25, -0.2) is 0 Å². The molecule has 1 N–H and O–H groups in total. The lowest BCUT2D eigenvalue weighted by Gasteiger charge is -2.33. The van der Waals surface area contributed by atoms with Gasteiger partial charge in [0.25, 0.3) is 0 Å². The maximum atomic E-state index is 11.7. The van der Waals surface area contributed by atoms with Crippen LogP contribution in [-0.2, 0) is 9.53 Å². The van der Waals surface area contributed by atoms with Gasteiger partial charge in [0.1, 0.15) is 5.75 Å². The molecule has 7 heteroatoms. The molecule has 0 bridgehead atoms. The van der Waals surface area contributed by atoms with Crippen molar-refractivity contribution in [2.75, 3.05) is 46.7 Å². The summed E-state index contributed by atoms with van der Waals surface area (Å²) >= 11 is 1.81. The lowest BCUT2D eigenvalue weighted by Crippen LogP contribution is -2.47. The molecule has 2 rings (SSSR count). The largest absolute Gasteiger partial charge is 0.496 e. The topological polar surface area (TPSA) is 63.2 Å². The molecule has 0 saturated carbocycles. The monoisotopic (exact) mass is 393 g/mol. The zero-order valence-corrected chi connectivity index (χ0v) is 17.6. The van der Waals surface area contributed by atoms with Crippen LogP contribution in [0.1, 0.15) is 19.8 Å². The zero-order valence-electron chi connectivity index (χ0n) is 16.7. The molecule has 1 aliphatic heterocycles. The number of nitrogens with one attached hydrogen (secondary N) is 1. The number of benzene rings is 1. The highest BCUT2D eigenvalue weighted by Crippen LogP contribution is 2.29. The van der Waals surface area contributed by atoms with E-state index in [9.17, 15) is 4.79 Å². The Morgan fingerprint density at radius 2 is 2.04 bits per heavy atom. The molecule has 0 aliphatic carbocycles. The van der Waals surface area contributed by atoms with Gasteiger partial charge in [-0.3, -0.25) is 9.79 Å². The summed E-state index contributed by atoms with van der Waals surface area (Å²) in [6.07, 6.45) is 1.62. The Kier molecular flexibility index (Phi) is 8.78. The fourth-order valence-electron chi connectivity index (χ4n) is 3.12. The molecule has 0 spiro atoms. The standard InChI is InChI=1S/C20H31N3O3S/c1-15(14-27-18-8-6-5-7-17(18)25-3)13-22-20(21-2)23-11-9-16(10-12-23)19(24)26-4/h5-8,15-16H,9-14H2,1-4H3,(H,21,22). The van der Waals surface area contributed by atoms with Crippen LogP contribution in [0.3, 0.4) is 0 Å². The number of esters is 1. The summed E-state index contributed by atoms with van der Waals surface area (Å²) in [7, 11) is 4.97. The van der Waals surface area contributed by atoms with E-state index in [2.05, 4.69) is 28.2 Å². The maximum absolute atomic E-state index is 11.7. The molecular formula is C20H31N3O3S. The Labute approximate surface area is 166 Å². The fraction of sp³-hybridized carbons (Fsp3) is 0.600. The second kappa shape index (κ2) is 11.1. The van der Waals surface area contributed by atoms with Crippen molar-refractivity contribution >= 4 is 23.7 Å². The first-order valence-corrected chi connectivity index (χ1v) is 10.4. The average molecular weight is 394 g/mol. The number of nitrogens with zero attached hydrogens (tertiary/aromatic N) is 2. The van der Waals surface area contributed by atoms with Gasteiger partial charge in [0.05, 0.1) is 20.1 Å². The smallest absolute Gasteiger partial charge is 0.308 e. The van der Waals surface area contributed by atoms with Crippen molar-refractivity contribution in [3.8, 4) is 5.75 Å². The predicted molar refractivity (Wildman–Crippen MR) is 111 cm³/mol. The highest BCUT2D eigenvalue weighted by atomic mass is 32.2. The van der Waals surface area contributed by atoms with Gasteiger partial charge in [-0.1, -0.05) is 19.1 Å². The SMILES string of the molecule is CN=C(NCC(C)CSc1ccccc1OC)N1CCC(C(=O)OC)CC1. The van der Waals surface area contributed by atoms with Crippen LogP contribution < -0.4 is 10.1 Å². The van der Waals surface area contributed by atoms with Crippen molar-refractivity contribution in [1.29, 1.82) is 0 Å². The molecule has 1 heterocycles. The molecular weight excluding hydrogens is 362 g/mol. The van der Waals surface area contributed by atoms with Crippen molar-refractivity contribution in [2.24, 2.45) is 16.8 Å². The normalized spacial score (nSPS) is 16.7. The number of hydrogen-bond donors (Lipinski definition) is 1. The molecule has 1 fully saturated rings. The van der Waals surface area contributed by atoms with Crippen molar-refractivity contribution in [3.63, 3.8) is 0 Å². The highest BCUT2D eigenvalue weighted by Gasteiger charge is 2.27. The van der Waals surface area contributed by atoms with Crippen LogP contribution >= 0.6 is 11.8 Å². The predicted octanol–water partition coefficient (Wildman–Crippen LogP) is 2.88. The first-order valence-electron chi connectivity index (χ1n) is 9.38. The second-order valence-corrected chi connectivity index (χ2v) is 7.84. The van der Waals surface area contributed by atoms with Crippen LogP contribution in [0.4, 0.5) is 0 Å². The van der Waals surface area contributed by atoms with E-state index >= 15 is 0 Å². The third kappa shape index (κ3) is 6.34. The molecule has 1 atom stereocenters. The van der Waals surface area contributed by atoms with Gasteiger partial charge in [-0.2, -0.15) is 0 Å². The number of rotatable bonds is 7. The van der Waals surface area contributed by atoms with Gasteiger partial charge in [0, 0.05) is 37.3 Å². The summed E-state index contributed by atoms with van der Waals surface area (Å²) < 4.78 is 10.3. The van der Waals surface area contributed by atoms with Crippen LogP contribution in [0.2, 0.25) is 0 Å². The molecule has 0 amide bonds. The van der Waals surface area contributed by atoms with Crippen LogP contribution in [0, 0.1) is 11.8 Å². The Balaban J connectivity index is 1.76. The quantitative estimate of drug-likeness (QED) is 0.333. The third-order valence-corrected chi connectivity index (χ3v) is 6.13.